The fourth-order valence-corrected chi connectivity index (χ4v) is 4.59. The van der Waals surface area contributed by atoms with Crippen LogP contribution in [0.3, 0.4) is 0 Å². The lowest BCUT2D eigenvalue weighted by molar-refractivity contribution is -0.0679. The molecule has 1 aliphatic heterocycles. The fraction of sp³-hybridized carbons (Fsp3) is 0.273. The molecule has 2 N–H and O–H groups in total. The predicted molar refractivity (Wildman–Crippen MR) is 114 cm³/mol. The van der Waals surface area contributed by atoms with Crippen molar-refractivity contribution < 1.29 is 14.3 Å². The first-order valence-electron chi connectivity index (χ1n) is 9.61. The summed E-state index contributed by atoms with van der Waals surface area (Å²) in [7, 11) is 0. The molecule has 2 aromatic heterocycles. The molecule has 0 atom stereocenters. The predicted octanol–water partition coefficient (Wildman–Crippen LogP) is 5.00. The van der Waals surface area contributed by atoms with E-state index in [1.54, 1.807) is 0 Å². The van der Waals surface area contributed by atoms with Crippen LogP contribution in [-0.4, -0.2) is 28.3 Å². The minimum Gasteiger partial charge on any atom is -0.423 e. The number of ether oxygens (including phenoxy) is 1. The SMILES string of the molecule is Cc1cccc2nc(Nc3ccc(-c4cnc(C5(O)CCOCC5)s4)cc3)oc12. The zero-order chi connectivity index (χ0) is 19.8. The van der Waals surface area contributed by atoms with Gasteiger partial charge in [0, 0.05) is 37.9 Å². The Bertz CT molecular complexity index is 1140. The van der Waals surface area contributed by atoms with Gasteiger partial charge in [0.15, 0.2) is 5.58 Å². The van der Waals surface area contributed by atoms with Crippen molar-refractivity contribution in [2.24, 2.45) is 0 Å². The summed E-state index contributed by atoms with van der Waals surface area (Å²) >= 11 is 1.54. The van der Waals surface area contributed by atoms with Crippen molar-refractivity contribution in [3.05, 3.63) is 59.2 Å². The van der Waals surface area contributed by atoms with Crippen molar-refractivity contribution >= 4 is 34.1 Å². The Labute approximate surface area is 172 Å². The van der Waals surface area contributed by atoms with Gasteiger partial charge in [-0.1, -0.05) is 24.3 Å². The highest BCUT2D eigenvalue weighted by atomic mass is 32.1. The second kappa shape index (κ2) is 7.26. The van der Waals surface area contributed by atoms with Crippen LogP contribution in [0.15, 0.2) is 53.1 Å². The average Bonchev–Trinajstić information content (AvgIpc) is 3.38. The minimum atomic E-state index is -0.867. The molecule has 3 heterocycles. The van der Waals surface area contributed by atoms with Crippen LogP contribution in [0.5, 0.6) is 0 Å². The van der Waals surface area contributed by atoms with E-state index in [-0.39, 0.29) is 0 Å². The fourth-order valence-electron chi connectivity index (χ4n) is 3.53. The Morgan fingerprint density at radius 2 is 1.90 bits per heavy atom. The molecule has 0 spiro atoms. The lowest BCUT2D eigenvalue weighted by atomic mass is 9.95. The number of aryl methyl sites for hydroxylation is 1. The number of thiazole rings is 1. The molecule has 0 aliphatic carbocycles. The van der Waals surface area contributed by atoms with E-state index in [1.165, 1.54) is 11.3 Å². The van der Waals surface area contributed by atoms with Crippen molar-refractivity contribution in [2.75, 3.05) is 18.5 Å². The number of para-hydroxylation sites is 1. The average molecular weight is 407 g/mol. The lowest BCUT2D eigenvalue weighted by Gasteiger charge is -2.29. The van der Waals surface area contributed by atoms with Crippen LogP contribution < -0.4 is 5.32 Å². The first kappa shape index (κ1) is 18.3. The van der Waals surface area contributed by atoms with Crippen LogP contribution in [0.4, 0.5) is 11.7 Å². The molecule has 0 amide bonds. The molecule has 2 aromatic carbocycles. The maximum Gasteiger partial charge on any atom is 0.300 e. The molecular formula is C22H21N3O3S. The van der Waals surface area contributed by atoms with Gasteiger partial charge in [-0.3, -0.25) is 0 Å². The Morgan fingerprint density at radius 3 is 2.66 bits per heavy atom. The van der Waals surface area contributed by atoms with E-state index in [1.807, 2.05) is 55.6 Å². The van der Waals surface area contributed by atoms with Crippen molar-refractivity contribution in [3.63, 3.8) is 0 Å². The maximum absolute atomic E-state index is 10.8. The Kier molecular flexibility index (Phi) is 4.58. The number of aliphatic hydroxyl groups is 1. The molecule has 0 unspecified atom stereocenters. The van der Waals surface area contributed by atoms with Crippen molar-refractivity contribution in [1.82, 2.24) is 9.97 Å². The zero-order valence-corrected chi connectivity index (χ0v) is 16.8. The van der Waals surface area contributed by atoms with Crippen molar-refractivity contribution in [1.29, 1.82) is 0 Å². The number of nitrogens with one attached hydrogen (secondary N) is 1. The van der Waals surface area contributed by atoms with Crippen LogP contribution in [0.1, 0.15) is 23.4 Å². The van der Waals surface area contributed by atoms with Gasteiger partial charge in [0.05, 0.1) is 4.88 Å². The van der Waals surface area contributed by atoms with Gasteiger partial charge in [0.1, 0.15) is 16.1 Å². The standard InChI is InChI=1S/C22H21N3O3S/c1-14-3-2-4-17-19(14)28-21(25-17)24-16-7-5-15(6-8-16)18-13-23-20(29-18)22(26)9-11-27-12-10-22/h2-8,13,26H,9-12H2,1H3,(H,24,25). The van der Waals surface area contributed by atoms with Crippen molar-refractivity contribution in [3.8, 4) is 10.4 Å². The summed E-state index contributed by atoms with van der Waals surface area (Å²) in [6.45, 7) is 3.15. The summed E-state index contributed by atoms with van der Waals surface area (Å²) in [6.07, 6.45) is 3.01. The maximum atomic E-state index is 10.8. The van der Waals surface area contributed by atoms with E-state index < -0.39 is 5.60 Å². The van der Waals surface area contributed by atoms with Crippen LogP contribution >= 0.6 is 11.3 Å². The largest absolute Gasteiger partial charge is 0.423 e. The molecule has 29 heavy (non-hydrogen) atoms. The number of rotatable bonds is 4. The highest BCUT2D eigenvalue weighted by molar-refractivity contribution is 7.15. The van der Waals surface area contributed by atoms with Gasteiger partial charge in [-0.25, -0.2) is 4.98 Å². The number of nitrogens with zero attached hydrogens (tertiary/aromatic N) is 2. The summed E-state index contributed by atoms with van der Waals surface area (Å²) in [4.78, 5) is 10.0. The zero-order valence-electron chi connectivity index (χ0n) is 16.0. The molecule has 0 bridgehead atoms. The third kappa shape index (κ3) is 3.53. The molecule has 1 aliphatic rings. The molecular weight excluding hydrogens is 386 g/mol. The highest BCUT2D eigenvalue weighted by Crippen LogP contribution is 2.37. The second-order valence-electron chi connectivity index (χ2n) is 7.32. The molecule has 148 valence electrons. The lowest BCUT2D eigenvalue weighted by Crippen LogP contribution is -2.33. The van der Waals surface area contributed by atoms with Crippen LogP contribution in [-0.2, 0) is 10.3 Å². The number of oxazole rings is 1. The van der Waals surface area contributed by atoms with Gasteiger partial charge in [-0.05, 0) is 36.2 Å². The minimum absolute atomic E-state index is 0.476. The third-order valence-corrected chi connectivity index (χ3v) is 6.50. The molecule has 1 saturated heterocycles. The summed E-state index contributed by atoms with van der Waals surface area (Å²) in [5, 5.41) is 14.8. The van der Waals surface area contributed by atoms with E-state index >= 15 is 0 Å². The number of hydrogen-bond donors (Lipinski definition) is 2. The molecule has 6 nitrogen and oxygen atoms in total. The molecule has 5 rings (SSSR count). The quantitative estimate of drug-likeness (QED) is 0.495. The van der Waals surface area contributed by atoms with Crippen LogP contribution in [0.25, 0.3) is 21.5 Å². The first-order valence-corrected chi connectivity index (χ1v) is 10.4. The van der Waals surface area contributed by atoms with E-state index in [4.69, 9.17) is 9.15 Å². The van der Waals surface area contributed by atoms with E-state index in [9.17, 15) is 5.11 Å². The van der Waals surface area contributed by atoms with E-state index in [0.29, 0.717) is 32.1 Å². The monoisotopic (exact) mass is 407 g/mol. The molecule has 1 fully saturated rings. The van der Waals surface area contributed by atoms with Crippen molar-refractivity contribution in [2.45, 2.75) is 25.4 Å². The summed E-state index contributed by atoms with van der Waals surface area (Å²) in [5.41, 5.74) is 3.79. The number of aromatic nitrogens is 2. The van der Waals surface area contributed by atoms with Crippen LogP contribution in [0.2, 0.25) is 0 Å². The Balaban J connectivity index is 1.34. The number of fused-ring (bicyclic) bond motifs is 1. The van der Waals surface area contributed by atoms with Gasteiger partial charge >= 0.3 is 0 Å². The van der Waals surface area contributed by atoms with Gasteiger partial charge in [0.2, 0.25) is 0 Å². The highest BCUT2D eigenvalue weighted by Gasteiger charge is 2.34. The number of hydrogen-bond acceptors (Lipinski definition) is 7. The summed E-state index contributed by atoms with van der Waals surface area (Å²) in [5.74, 6) is 0. The van der Waals surface area contributed by atoms with E-state index in [2.05, 4.69) is 15.3 Å². The topological polar surface area (TPSA) is 80.4 Å². The molecule has 0 radical (unpaired) electrons. The van der Waals surface area contributed by atoms with Gasteiger partial charge < -0.3 is 19.6 Å². The molecule has 0 saturated carbocycles. The van der Waals surface area contributed by atoms with Crippen LogP contribution in [0, 0.1) is 6.92 Å². The third-order valence-electron chi connectivity index (χ3n) is 5.26. The number of anilines is 2. The number of benzene rings is 2. The van der Waals surface area contributed by atoms with Gasteiger partial charge in [0.25, 0.3) is 6.01 Å². The smallest absolute Gasteiger partial charge is 0.300 e. The normalized spacial score (nSPS) is 16.2. The summed E-state index contributed by atoms with van der Waals surface area (Å²) in [6, 6.07) is 14.4. The Hall–Kier alpha value is -2.74. The second-order valence-corrected chi connectivity index (χ2v) is 8.35. The first-order chi connectivity index (χ1) is 14.1. The van der Waals surface area contributed by atoms with Gasteiger partial charge in [-0.2, -0.15) is 4.98 Å². The van der Waals surface area contributed by atoms with Gasteiger partial charge in [-0.15, -0.1) is 11.3 Å². The summed E-state index contributed by atoms with van der Waals surface area (Å²) < 4.78 is 11.2. The van der Waals surface area contributed by atoms with E-state index in [0.717, 1.165) is 37.8 Å². The molecule has 4 aromatic rings. The Morgan fingerprint density at radius 1 is 1.10 bits per heavy atom. The molecule has 7 heteroatoms.